The van der Waals surface area contributed by atoms with Gasteiger partial charge < -0.3 is 22.1 Å². The monoisotopic (exact) mass is 207 g/mol. The van der Waals surface area contributed by atoms with Gasteiger partial charge in [0.05, 0.1) is 6.67 Å². The van der Waals surface area contributed by atoms with Gasteiger partial charge in [0, 0.05) is 11.3 Å². The zero-order valence-electron chi connectivity index (χ0n) is 8.08. The molecular weight excluding hydrogens is 194 g/mol. The number of nitrogens with one attached hydrogen (secondary N) is 3. The number of nitrogens with two attached hydrogens (primary N) is 2. The summed E-state index contributed by atoms with van der Waals surface area (Å²) < 4.78 is 0. The Hall–Kier alpha value is -2.24. The van der Waals surface area contributed by atoms with Gasteiger partial charge in [0.25, 0.3) is 0 Å². The Morgan fingerprint density at radius 3 is 2.33 bits per heavy atom. The van der Waals surface area contributed by atoms with Gasteiger partial charge in [-0.05, 0) is 24.3 Å². The van der Waals surface area contributed by atoms with Crippen LogP contribution in [0.2, 0.25) is 0 Å². The van der Waals surface area contributed by atoms with E-state index in [1.807, 2.05) is 0 Å². The molecule has 0 unspecified atom stereocenters. The first-order valence-electron chi connectivity index (χ1n) is 4.31. The van der Waals surface area contributed by atoms with Gasteiger partial charge in [0.1, 0.15) is 0 Å². The van der Waals surface area contributed by atoms with Crippen molar-refractivity contribution in [3.63, 3.8) is 0 Å². The second-order valence-corrected chi connectivity index (χ2v) is 2.89. The molecule has 0 saturated heterocycles. The van der Waals surface area contributed by atoms with Crippen molar-refractivity contribution in [2.45, 2.75) is 0 Å². The second kappa shape index (κ2) is 4.85. The van der Waals surface area contributed by atoms with Crippen LogP contribution in [0, 0.1) is 5.41 Å². The zero-order chi connectivity index (χ0) is 11.3. The van der Waals surface area contributed by atoms with Crippen LogP contribution in [0.5, 0.6) is 0 Å². The third-order valence-corrected chi connectivity index (χ3v) is 1.74. The summed E-state index contributed by atoms with van der Waals surface area (Å²) in [6.07, 6.45) is 0. The zero-order valence-corrected chi connectivity index (χ0v) is 8.08. The molecule has 0 aromatic heterocycles. The minimum Gasteiger partial charge on any atom is -0.370 e. The number of benzene rings is 1. The molecule has 0 saturated carbocycles. The molecule has 1 aromatic rings. The summed E-state index contributed by atoms with van der Waals surface area (Å²) in [5.74, 6) is -0.556. The lowest BCUT2D eigenvalue weighted by Crippen LogP contribution is -2.34. The summed E-state index contributed by atoms with van der Waals surface area (Å²) in [4.78, 5) is 10.8. The smallest absolute Gasteiger partial charge is 0.248 e. The molecule has 7 N–H and O–H groups in total. The van der Waals surface area contributed by atoms with Gasteiger partial charge in [-0.25, -0.2) is 0 Å². The second-order valence-electron chi connectivity index (χ2n) is 2.89. The summed E-state index contributed by atoms with van der Waals surface area (Å²) in [7, 11) is 0. The quantitative estimate of drug-likeness (QED) is 0.263. The molecule has 6 heteroatoms. The first-order valence-corrected chi connectivity index (χ1v) is 4.31. The number of carbonyl (C=O) groups excluding carboxylic acids is 1. The summed E-state index contributed by atoms with van der Waals surface area (Å²) in [6.45, 7) is 0.352. The summed E-state index contributed by atoms with van der Waals surface area (Å²) in [6, 6.07) is 6.70. The number of carbonyl (C=O) groups is 1. The molecule has 80 valence electrons. The van der Waals surface area contributed by atoms with Crippen molar-refractivity contribution in [2.75, 3.05) is 12.0 Å². The van der Waals surface area contributed by atoms with Crippen molar-refractivity contribution < 1.29 is 4.79 Å². The Kier molecular flexibility index (Phi) is 3.50. The van der Waals surface area contributed by atoms with Crippen molar-refractivity contribution in [1.82, 2.24) is 5.32 Å². The highest BCUT2D eigenvalue weighted by atomic mass is 16.1. The van der Waals surface area contributed by atoms with Crippen LogP contribution in [0.1, 0.15) is 10.4 Å². The minimum atomic E-state index is -0.455. The van der Waals surface area contributed by atoms with Crippen molar-refractivity contribution in [3.8, 4) is 0 Å². The molecule has 6 nitrogen and oxygen atoms in total. The fraction of sp³-hybridized carbons (Fsp3) is 0.111. The molecule has 0 aliphatic rings. The number of hydrogen-bond donors (Lipinski definition) is 5. The summed E-state index contributed by atoms with van der Waals surface area (Å²) >= 11 is 0. The highest BCUT2D eigenvalue weighted by Crippen LogP contribution is 2.07. The number of hydrogen-bond acceptors (Lipinski definition) is 3. The van der Waals surface area contributed by atoms with E-state index >= 15 is 0 Å². The van der Waals surface area contributed by atoms with Crippen LogP contribution in [0.25, 0.3) is 0 Å². The van der Waals surface area contributed by atoms with E-state index in [4.69, 9.17) is 16.9 Å². The van der Waals surface area contributed by atoms with Gasteiger partial charge in [-0.2, -0.15) is 0 Å². The maximum atomic E-state index is 10.8. The average Bonchev–Trinajstić information content (AvgIpc) is 2.18. The van der Waals surface area contributed by atoms with E-state index in [0.717, 1.165) is 5.69 Å². The lowest BCUT2D eigenvalue weighted by molar-refractivity contribution is 0.100. The van der Waals surface area contributed by atoms with Crippen LogP contribution < -0.4 is 22.1 Å². The Morgan fingerprint density at radius 2 is 1.87 bits per heavy atom. The average molecular weight is 207 g/mol. The lowest BCUT2D eigenvalue weighted by Gasteiger charge is -2.07. The highest BCUT2D eigenvalue weighted by Gasteiger charge is 1.98. The van der Waals surface area contributed by atoms with Gasteiger partial charge in [-0.15, -0.1) is 0 Å². The third-order valence-electron chi connectivity index (χ3n) is 1.74. The van der Waals surface area contributed by atoms with E-state index < -0.39 is 5.91 Å². The number of primary amides is 1. The molecule has 1 rings (SSSR count). The van der Waals surface area contributed by atoms with E-state index in [2.05, 4.69) is 10.6 Å². The molecule has 0 atom stereocenters. The molecule has 1 aromatic carbocycles. The Bertz CT molecular complexity index is 359. The summed E-state index contributed by atoms with van der Waals surface area (Å²) in [5, 5.41) is 12.5. The van der Waals surface area contributed by atoms with Crippen molar-refractivity contribution >= 4 is 17.6 Å². The van der Waals surface area contributed by atoms with E-state index in [1.165, 1.54) is 0 Å². The fourth-order valence-corrected chi connectivity index (χ4v) is 0.994. The number of amides is 1. The van der Waals surface area contributed by atoms with Crippen molar-refractivity contribution in [3.05, 3.63) is 29.8 Å². The van der Waals surface area contributed by atoms with Crippen molar-refractivity contribution in [1.29, 1.82) is 5.41 Å². The fourth-order valence-electron chi connectivity index (χ4n) is 0.994. The maximum absolute atomic E-state index is 10.8. The van der Waals surface area contributed by atoms with E-state index in [0.29, 0.717) is 12.2 Å². The van der Waals surface area contributed by atoms with E-state index in [-0.39, 0.29) is 5.96 Å². The molecule has 0 aliphatic heterocycles. The molecule has 1 amide bonds. The Morgan fingerprint density at radius 1 is 1.27 bits per heavy atom. The molecule has 0 bridgehead atoms. The largest absolute Gasteiger partial charge is 0.370 e. The molecule has 0 heterocycles. The van der Waals surface area contributed by atoms with Crippen LogP contribution >= 0.6 is 0 Å². The summed E-state index contributed by atoms with van der Waals surface area (Å²) in [5.41, 5.74) is 11.5. The van der Waals surface area contributed by atoms with Crippen LogP contribution in [0.3, 0.4) is 0 Å². The van der Waals surface area contributed by atoms with Gasteiger partial charge in [-0.3, -0.25) is 10.2 Å². The predicted octanol–water partition coefficient (Wildman–Crippen LogP) is -0.362. The van der Waals surface area contributed by atoms with E-state index in [9.17, 15) is 4.79 Å². The highest BCUT2D eigenvalue weighted by molar-refractivity contribution is 5.93. The van der Waals surface area contributed by atoms with Crippen LogP contribution in [0.15, 0.2) is 24.3 Å². The number of anilines is 1. The van der Waals surface area contributed by atoms with Crippen molar-refractivity contribution in [2.24, 2.45) is 11.5 Å². The first kappa shape index (κ1) is 10.8. The SMILES string of the molecule is N=C(N)NCNc1ccc(C(N)=O)cc1. The molecular formula is C9H13N5O. The molecule has 0 radical (unpaired) electrons. The molecule has 15 heavy (non-hydrogen) atoms. The van der Waals surface area contributed by atoms with Gasteiger partial charge in [0.2, 0.25) is 5.91 Å². The first-order chi connectivity index (χ1) is 7.09. The number of guanidine groups is 1. The maximum Gasteiger partial charge on any atom is 0.248 e. The third kappa shape index (κ3) is 3.55. The topological polar surface area (TPSA) is 117 Å². The predicted molar refractivity (Wildman–Crippen MR) is 58.5 cm³/mol. The van der Waals surface area contributed by atoms with Crippen LogP contribution in [0.4, 0.5) is 5.69 Å². The molecule has 0 fully saturated rings. The minimum absolute atomic E-state index is 0.101. The molecule has 0 spiro atoms. The van der Waals surface area contributed by atoms with Gasteiger partial charge in [-0.1, -0.05) is 0 Å². The normalized spacial score (nSPS) is 9.33. The van der Waals surface area contributed by atoms with E-state index in [1.54, 1.807) is 24.3 Å². The standard InChI is InChI=1S/C9H13N5O/c10-8(15)6-1-3-7(4-2-6)13-5-14-9(11)12/h1-4,13H,5H2,(H2,10,15)(H4,11,12,14). The lowest BCUT2D eigenvalue weighted by atomic mass is 10.2. The van der Waals surface area contributed by atoms with Crippen LogP contribution in [-0.2, 0) is 0 Å². The Labute approximate surface area is 87.2 Å². The molecule has 0 aliphatic carbocycles. The number of rotatable bonds is 4. The van der Waals surface area contributed by atoms with Crippen LogP contribution in [-0.4, -0.2) is 18.5 Å². The van der Waals surface area contributed by atoms with Gasteiger partial charge >= 0.3 is 0 Å². The Balaban J connectivity index is 2.50. The van der Waals surface area contributed by atoms with Gasteiger partial charge in [0.15, 0.2) is 5.96 Å².